The Morgan fingerprint density at radius 2 is 2.03 bits per heavy atom. The van der Waals surface area contributed by atoms with E-state index in [-0.39, 0.29) is 37.7 Å². The van der Waals surface area contributed by atoms with Crippen LogP contribution in [-0.4, -0.2) is 52.0 Å². The average molecular weight is 533 g/mol. The van der Waals surface area contributed by atoms with Gasteiger partial charge in [0.25, 0.3) is 0 Å². The number of nitrogens with zero attached hydrogens (tertiary/aromatic N) is 7. The van der Waals surface area contributed by atoms with E-state index in [2.05, 4.69) is 25.6 Å². The number of aliphatic hydroxyl groups excluding tert-OH is 1. The maximum Gasteiger partial charge on any atom is 0.401 e. The highest BCUT2D eigenvalue weighted by Crippen LogP contribution is 2.54. The molecule has 0 radical (unpaired) electrons. The van der Waals surface area contributed by atoms with Gasteiger partial charge in [-0.3, -0.25) is 4.68 Å². The van der Waals surface area contributed by atoms with Crippen molar-refractivity contribution in [2.24, 2.45) is 13.0 Å². The molecule has 2 N–H and O–H groups in total. The number of nitrogens with one attached hydrogen (secondary N) is 1. The molecule has 1 aliphatic heterocycles. The van der Waals surface area contributed by atoms with Crippen molar-refractivity contribution in [3.05, 3.63) is 47.6 Å². The quantitative estimate of drug-likeness (QED) is 0.391. The summed E-state index contributed by atoms with van der Waals surface area (Å²) in [6, 6.07) is 5.46. The van der Waals surface area contributed by atoms with Crippen molar-refractivity contribution < 1.29 is 18.3 Å². The Morgan fingerprint density at radius 1 is 1.22 bits per heavy atom. The monoisotopic (exact) mass is 532 g/mol. The van der Waals surface area contributed by atoms with Crippen LogP contribution in [0, 0.1) is 5.92 Å². The molecule has 1 saturated carbocycles. The van der Waals surface area contributed by atoms with Crippen molar-refractivity contribution in [3.63, 3.8) is 0 Å². The summed E-state index contributed by atoms with van der Waals surface area (Å²) in [5.74, 6) is 1.27. The first-order valence-corrected chi connectivity index (χ1v) is 12.3. The Labute approximate surface area is 214 Å². The van der Waals surface area contributed by atoms with Crippen LogP contribution < -0.4 is 5.32 Å². The first kappa shape index (κ1) is 24.0. The lowest BCUT2D eigenvalue weighted by Gasteiger charge is -2.42. The van der Waals surface area contributed by atoms with Gasteiger partial charge in [0.05, 0.1) is 16.9 Å². The second-order valence-corrected chi connectivity index (χ2v) is 10.1. The molecule has 13 heteroatoms. The van der Waals surface area contributed by atoms with Crippen LogP contribution in [0.1, 0.15) is 25.1 Å². The molecule has 1 aliphatic carbocycles. The molecule has 9 nitrogen and oxygen atoms in total. The third-order valence-corrected chi connectivity index (χ3v) is 7.75. The highest BCUT2D eigenvalue weighted by Gasteiger charge is 2.62. The van der Waals surface area contributed by atoms with E-state index in [9.17, 15) is 18.3 Å². The molecule has 4 aromatic heterocycles. The topological polar surface area (TPSA) is 98.6 Å². The molecule has 1 atom stereocenters. The lowest BCUT2D eigenvalue weighted by atomic mass is 9.67. The molecule has 5 heterocycles. The first-order valence-electron chi connectivity index (χ1n) is 11.9. The molecule has 2 aliphatic rings. The lowest BCUT2D eigenvalue weighted by Crippen LogP contribution is -2.50. The molecule has 0 bridgehead atoms. The normalized spacial score (nSPS) is 18.6. The van der Waals surface area contributed by atoms with Gasteiger partial charge >= 0.3 is 6.18 Å². The number of hydrogen-bond acceptors (Lipinski definition) is 6. The van der Waals surface area contributed by atoms with Crippen LogP contribution in [0.2, 0.25) is 5.02 Å². The average Bonchev–Trinajstić information content (AvgIpc) is 3.51. The molecule has 1 fully saturated rings. The molecule has 37 heavy (non-hydrogen) atoms. The minimum absolute atomic E-state index is 0.0102. The number of halogens is 4. The lowest BCUT2D eigenvalue weighted by molar-refractivity contribution is -0.216. The third-order valence-electron chi connectivity index (χ3n) is 7.45. The van der Waals surface area contributed by atoms with Crippen LogP contribution in [0.3, 0.4) is 0 Å². The van der Waals surface area contributed by atoms with Crippen molar-refractivity contribution in [2.45, 2.75) is 43.9 Å². The fraction of sp³-hybridized carbons (Fsp3) is 0.417. The summed E-state index contributed by atoms with van der Waals surface area (Å²) in [6.07, 6.45) is 1.12. The Morgan fingerprint density at radius 3 is 2.68 bits per heavy atom. The SMILES string of the molecule is Cn1nccc1Nc1cc(-c2cc3n(c2)CC(CO)Cn2c-3nnc2C2(C(F)(F)F)CCC2)c(Cl)cn1. The van der Waals surface area contributed by atoms with Crippen LogP contribution in [0.15, 0.2) is 36.8 Å². The van der Waals surface area contributed by atoms with Crippen molar-refractivity contribution in [1.82, 2.24) is 34.1 Å². The number of pyridine rings is 1. The summed E-state index contributed by atoms with van der Waals surface area (Å²) in [5.41, 5.74) is 0.0677. The number of anilines is 2. The largest absolute Gasteiger partial charge is 0.401 e. The van der Waals surface area contributed by atoms with E-state index < -0.39 is 11.6 Å². The summed E-state index contributed by atoms with van der Waals surface area (Å²) in [5, 5.41) is 26.1. The zero-order valence-corrected chi connectivity index (χ0v) is 20.6. The predicted octanol–water partition coefficient (Wildman–Crippen LogP) is 4.55. The van der Waals surface area contributed by atoms with Crippen molar-refractivity contribution >= 4 is 23.2 Å². The van der Waals surface area contributed by atoms with Crippen LogP contribution in [0.5, 0.6) is 0 Å². The predicted molar refractivity (Wildman–Crippen MR) is 130 cm³/mol. The van der Waals surface area contributed by atoms with Crippen molar-refractivity contribution in [3.8, 4) is 22.6 Å². The third kappa shape index (κ3) is 3.81. The highest BCUT2D eigenvalue weighted by atomic mass is 35.5. The Kier molecular flexibility index (Phi) is 5.57. The van der Waals surface area contributed by atoms with Crippen LogP contribution in [0.4, 0.5) is 24.8 Å². The zero-order valence-electron chi connectivity index (χ0n) is 19.9. The van der Waals surface area contributed by atoms with Gasteiger partial charge in [-0.15, -0.1) is 10.2 Å². The van der Waals surface area contributed by atoms with E-state index in [1.54, 1.807) is 34.8 Å². The second-order valence-electron chi connectivity index (χ2n) is 9.72. The number of aromatic nitrogens is 7. The smallest absolute Gasteiger partial charge is 0.396 e. The Hall–Kier alpha value is -3.38. The standard InChI is InChI=1S/C24H24ClF3N8O/c1-34-20(3-6-30-34)31-19-8-16(17(25)9-29-19)15-7-18-21-32-33-22(23(4-2-5-23)24(26,27)28)36(21)11-14(13-37)10-35(18)12-15/h3,6-9,12,14,37H,2,4-5,10-11,13H2,1H3,(H,29,31). The number of aryl methyl sites for hydroxylation is 1. The van der Waals surface area contributed by atoms with Gasteiger partial charge in [0, 0.05) is 62.2 Å². The van der Waals surface area contributed by atoms with Crippen LogP contribution in [-0.2, 0) is 25.6 Å². The van der Waals surface area contributed by atoms with Gasteiger partial charge in [0.2, 0.25) is 0 Å². The minimum atomic E-state index is -4.43. The van der Waals surface area contributed by atoms with Gasteiger partial charge in [0.15, 0.2) is 5.82 Å². The molecule has 194 valence electrons. The summed E-state index contributed by atoms with van der Waals surface area (Å²) in [4.78, 5) is 4.35. The maximum absolute atomic E-state index is 14.2. The summed E-state index contributed by atoms with van der Waals surface area (Å²) >= 11 is 6.52. The molecule has 0 saturated heterocycles. The number of fused-ring (bicyclic) bond motifs is 3. The number of hydrogen-bond donors (Lipinski definition) is 2. The van der Waals surface area contributed by atoms with Crippen molar-refractivity contribution in [2.75, 3.05) is 11.9 Å². The molecule has 0 aromatic carbocycles. The zero-order chi connectivity index (χ0) is 25.9. The number of rotatable bonds is 5. The fourth-order valence-electron chi connectivity index (χ4n) is 5.25. The van der Waals surface area contributed by atoms with E-state index in [0.29, 0.717) is 40.9 Å². The van der Waals surface area contributed by atoms with Gasteiger partial charge in [-0.05, 0) is 25.0 Å². The molecule has 4 aromatic rings. The minimum Gasteiger partial charge on any atom is -0.396 e. The molecule has 0 spiro atoms. The van der Waals surface area contributed by atoms with E-state index in [0.717, 1.165) is 11.4 Å². The fourth-order valence-corrected chi connectivity index (χ4v) is 5.46. The summed E-state index contributed by atoms with van der Waals surface area (Å²) < 4.78 is 47.6. The molecule has 0 amide bonds. The summed E-state index contributed by atoms with van der Waals surface area (Å²) in [6.45, 7) is 0.437. The Bertz CT molecular complexity index is 1470. The van der Waals surface area contributed by atoms with Gasteiger partial charge in [0.1, 0.15) is 22.9 Å². The molecule has 1 unspecified atom stereocenters. The van der Waals surface area contributed by atoms with E-state index in [1.165, 1.54) is 0 Å². The maximum atomic E-state index is 14.2. The molecular weight excluding hydrogens is 509 g/mol. The van der Waals surface area contributed by atoms with Crippen LogP contribution >= 0.6 is 11.6 Å². The van der Waals surface area contributed by atoms with Crippen molar-refractivity contribution in [1.29, 1.82) is 0 Å². The molecular formula is C24H24ClF3N8O. The van der Waals surface area contributed by atoms with Gasteiger partial charge < -0.3 is 19.6 Å². The van der Waals surface area contributed by atoms with Gasteiger partial charge in [-0.1, -0.05) is 18.0 Å². The van der Waals surface area contributed by atoms with E-state index in [1.807, 2.05) is 22.9 Å². The van der Waals surface area contributed by atoms with Gasteiger partial charge in [-0.25, -0.2) is 4.98 Å². The first-order chi connectivity index (χ1) is 17.7. The summed E-state index contributed by atoms with van der Waals surface area (Å²) in [7, 11) is 1.80. The number of aliphatic hydroxyl groups is 1. The van der Waals surface area contributed by atoms with Gasteiger partial charge in [-0.2, -0.15) is 18.3 Å². The molecule has 6 rings (SSSR count). The van der Waals surface area contributed by atoms with E-state index in [4.69, 9.17) is 11.6 Å². The second kappa shape index (κ2) is 8.59. The highest BCUT2D eigenvalue weighted by molar-refractivity contribution is 6.33. The number of alkyl halides is 3. The van der Waals surface area contributed by atoms with E-state index >= 15 is 0 Å². The van der Waals surface area contributed by atoms with Crippen LogP contribution in [0.25, 0.3) is 22.6 Å². The Balaban J connectivity index is 1.43.